The fraction of sp³-hybridized carbons (Fsp3) is 0.615. The molecule has 1 aromatic heterocycles. The number of aromatic carboxylic acids is 1. The Labute approximate surface area is 130 Å². The number of carbonyl (C=O) groups is 1. The topological polar surface area (TPSA) is 77.9 Å². The number of hydrogen-bond donors (Lipinski definition) is 1. The minimum atomic E-state index is -3.65. The molecule has 0 amide bonds. The van der Waals surface area contributed by atoms with Gasteiger partial charge in [-0.05, 0) is 33.5 Å². The lowest BCUT2D eigenvalue weighted by Crippen LogP contribution is -2.37. The Balaban J connectivity index is 3.13. The summed E-state index contributed by atoms with van der Waals surface area (Å²) in [6.45, 7) is 4.99. The molecular formula is C13H22N2O4S2. The second-order valence-corrected chi connectivity index (χ2v) is 8.21. The monoisotopic (exact) mass is 334 g/mol. The molecule has 8 heteroatoms. The highest BCUT2D eigenvalue weighted by atomic mass is 32.2. The number of nitrogens with zero attached hydrogens (tertiary/aromatic N) is 2. The first-order valence-electron chi connectivity index (χ1n) is 6.68. The smallest absolute Gasteiger partial charge is 0.345 e. The van der Waals surface area contributed by atoms with E-state index >= 15 is 0 Å². The molecule has 1 heterocycles. The Morgan fingerprint density at radius 2 is 1.90 bits per heavy atom. The third-order valence-electron chi connectivity index (χ3n) is 2.97. The molecule has 120 valence electrons. The highest BCUT2D eigenvalue weighted by Gasteiger charge is 2.28. The van der Waals surface area contributed by atoms with E-state index in [0.717, 1.165) is 11.3 Å². The van der Waals surface area contributed by atoms with E-state index in [-0.39, 0.29) is 9.77 Å². The van der Waals surface area contributed by atoms with Crippen molar-refractivity contribution in [2.75, 3.05) is 33.7 Å². The van der Waals surface area contributed by atoms with Crippen LogP contribution in [-0.2, 0) is 10.0 Å². The highest BCUT2D eigenvalue weighted by Crippen LogP contribution is 2.28. The lowest BCUT2D eigenvalue weighted by Gasteiger charge is -2.23. The van der Waals surface area contributed by atoms with Crippen LogP contribution < -0.4 is 0 Å². The second-order valence-electron chi connectivity index (χ2n) is 5.04. The third kappa shape index (κ3) is 4.50. The van der Waals surface area contributed by atoms with Crippen molar-refractivity contribution in [1.82, 2.24) is 9.21 Å². The summed E-state index contributed by atoms with van der Waals surface area (Å²) in [5.41, 5.74) is 0. The molecule has 0 fully saturated rings. The van der Waals surface area contributed by atoms with Gasteiger partial charge in [0, 0.05) is 24.5 Å². The van der Waals surface area contributed by atoms with Crippen molar-refractivity contribution in [3.8, 4) is 0 Å². The van der Waals surface area contributed by atoms with E-state index in [9.17, 15) is 13.2 Å². The predicted molar refractivity (Wildman–Crippen MR) is 83.6 cm³/mol. The average molecular weight is 334 g/mol. The van der Waals surface area contributed by atoms with Crippen molar-refractivity contribution in [3.05, 3.63) is 15.8 Å². The van der Waals surface area contributed by atoms with Crippen LogP contribution in [0.2, 0.25) is 0 Å². The highest BCUT2D eigenvalue weighted by molar-refractivity contribution is 7.89. The van der Waals surface area contributed by atoms with Crippen LogP contribution in [0.5, 0.6) is 0 Å². The zero-order valence-corrected chi connectivity index (χ0v) is 14.4. The van der Waals surface area contributed by atoms with Gasteiger partial charge in [-0.25, -0.2) is 13.2 Å². The molecule has 0 aliphatic rings. The maximum Gasteiger partial charge on any atom is 0.345 e. The van der Waals surface area contributed by atoms with Crippen LogP contribution in [0.3, 0.4) is 0 Å². The summed E-state index contributed by atoms with van der Waals surface area (Å²) in [6.07, 6.45) is 0.710. The number of aryl methyl sites for hydroxylation is 1. The molecule has 0 aliphatic heterocycles. The maximum atomic E-state index is 12.7. The summed E-state index contributed by atoms with van der Waals surface area (Å²) >= 11 is 0.993. The maximum absolute atomic E-state index is 12.7. The molecule has 0 saturated heterocycles. The molecule has 0 aliphatic carbocycles. The lowest BCUT2D eigenvalue weighted by molar-refractivity contribution is 0.0702. The number of thiophene rings is 1. The number of likely N-dealkylation sites (N-methyl/N-ethyl adjacent to an activating group) is 1. The first-order chi connectivity index (χ1) is 9.70. The van der Waals surface area contributed by atoms with Gasteiger partial charge in [0.15, 0.2) is 0 Å². The van der Waals surface area contributed by atoms with Crippen LogP contribution in [0.15, 0.2) is 11.0 Å². The average Bonchev–Trinajstić information content (AvgIpc) is 2.77. The zero-order chi connectivity index (χ0) is 16.2. The normalized spacial score (nSPS) is 12.3. The lowest BCUT2D eigenvalue weighted by atomic mass is 10.4. The second kappa shape index (κ2) is 7.35. The third-order valence-corrected chi connectivity index (χ3v) is 6.16. The fourth-order valence-corrected chi connectivity index (χ4v) is 4.80. The van der Waals surface area contributed by atoms with Crippen LogP contribution >= 0.6 is 11.3 Å². The van der Waals surface area contributed by atoms with Gasteiger partial charge in [0.2, 0.25) is 10.0 Å². The van der Waals surface area contributed by atoms with Gasteiger partial charge in [-0.2, -0.15) is 4.31 Å². The molecule has 0 atom stereocenters. The van der Waals surface area contributed by atoms with E-state index in [1.165, 1.54) is 10.4 Å². The van der Waals surface area contributed by atoms with Gasteiger partial charge >= 0.3 is 5.97 Å². The van der Waals surface area contributed by atoms with Crippen molar-refractivity contribution in [1.29, 1.82) is 0 Å². The van der Waals surface area contributed by atoms with Gasteiger partial charge in [0.05, 0.1) is 4.90 Å². The predicted octanol–water partition coefficient (Wildman–Crippen LogP) is 1.72. The van der Waals surface area contributed by atoms with Crippen LogP contribution in [0.1, 0.15) is 27.9 Å². The molecule has 0 spiro atoms. The van der Waals surface area contributed by atoms with E-state index in [0.29, 0.717) is 30.9 Å². The van der Waals surface area contributed by atoms with Crippen molar-refractivity contribution >= 4 is 27.3 Å². The molecular weight excluding hydrogens is 312 g/mol. The molecule has 6 nitrogen and oxygen atoms in total. The van der Waals surface area contributed by atoms with Gasteiger partial charge in [0.25, 0.3) is 0 Å². The summed E-state index contributed by atoms with van der Waals surface area (Å²) in [6, 6.07) is 1.26. The molecule has 21 heavy (non-hydrogen) atoms. The fourth-order valence-electron chi connectivity index (χ4n) is 1.88. The van der Waals surface area contributed by atoms with E-state index in [2.05, 4.69) is 0 Å². The summed E-state index contributed by atoms with van der Waals surface area (Å²) in [7, 11) is 0.120. The molecule has 0 saturated carbocycles. The quantitative estimate of drug-likeness (QED) is 0.783. The van der Waals surface area contributed by atoms with E-state index < -0.39 is 16.0 Å². The van der Waals surface area contributed by atoms with Crippen molar-refractivity contribution < 1.29 is 18.3 Å². The Morgan fingerprint density at radius 3 is 2.33 bits per heavy atom. The van der Waals surface area contributed by atoms with Crippen LogP contribution in [0.4, 0.5) is 0 Å². The molecule has 1 aromatic rings. The van der Waals surface area contributed by atoms with Crippen molar-refractivity contribution in [3.63, 3.8) is 0 Å². The van der Waals surface area contributed by atoms with E-state index in [1.807, 2.05) is 25.9 Å². The molecule has 0 aromatic carbocycles. The van der Waals surface area contributed by atoms with Crippen LogP contribution in [-0.4, -0.2) is 62.4 Å². The van der Waals surface area contributed by atoms with Crippen LogP contribution in [0, 0.1) is 6.92 Å². The number of carboxylic acid groups (broad SMARTS) is 1. The minimum absolute atomic E-state index is 0.0510. The summed E-state index contributed by atoms with van der Waals surface area (Å²) in [5, 5.41) is 9.00. The zero-order valence-electron chi connectivity index (χ0n) is 12.8. The molecule has 1 N–H and O–H groups in total. The molecule has 0 unspecified atom stereocenters. The minimum Gasteiger partial charge on any atom is -0.477 e. The van der Waals surface area contributed by atoms with Crippen molar-refractivity contribution in [2.24, 2.45) is 0 Å². The standard InChI is InChI=1S/C13H22N2O4S2/c1-5-6-15(8-7-14(3)4)21(18,19)12-9-11(13(16)17)20-10(12)2/h9H,5-8H2,1-4H3,(H,16,17). The van der Waals surface area contributed by atoms with Crippen molar-refractivity contribution in [2.45, 2.75) is 25.2 Å². The van der Waals surface area contributed by atoms with E-state index in [4.69, 9.17) is 5.11 Å². The Bertz CT molecular complexity index is 593. The number of rotatable bonds is 8. The molecule has 0 radical (unpaired) electrons. The number of hydrogen-bond acceptors (Lipinski definition) is 5. The molecule has 1 rings (SSSR count). The Kier molecular flexibility index (Phi) is 6.33. The first-order valence-corrected chi connectivity index (χ1v) is 8.94. The first kappa shape index (κ1) is 18.1. The van der Waals surface area contributed by atoms with Gasteiger partial charge in [-0.15, -0.1) is 11.3 Å². The summed E-state index contributed by atoms with van der Waals surface area (Å²) in [5.74, 6) is -1.10. The number of carboxylic acids is 1. The number of sulfonamides is 1. The van der Waals surface area contributed by atoms with Gasteiger partial charge in [0.1, 0.15) is 4.88 Å². The SMILES string of the molecule is CCCN(CCN(C)C)S(=O)(=O)c1cc(C(=O)O)sc1C. The largest absolute Gasteiger partial charge is 0.477 e. The Morgan fingerprint density at radius 1 is 1.29 bits per heavy atom. The molecule has 0 bridgehead atoms. The van der Waals surface area contributed by atoms with Crippen LogP contribution in [0.25, 0.3) is 0 Å². The van der Waals surface area contributed by atoms with Gasteiger partial charge < -0.3 is 10.0 Å². The Hall–Kier alpha value is -0.960. The van der Waals surface area contributed by atoms with Gasteiger partial charge in [-0.3, -0.25) is 0 Å². The van der Waals surface area contributed by atoms with Gasteiger partial charge in [-0.1, -0.05) is 6.92 Å². The van der Waals surface area contributed by atoms with E-state index in [1.54, 1.807) is 6.92 Å². The summed E-state index contributed by atoms with van der Waals surface area (Å²) in [4.78, 5) is 13.6. The summed E-state index contributed by atoms with van der Waals surface area (Å²) < 4.78 is 26.8.